The van der Waals surface area contributed by atoms with Crippen molar-refractivity contribution >= 4 is 23.6 Å². The molecule has 0 bridgehead atoms. The average molecular weight is 282 g/mol. The number of hydrogen-bond acceptors (Lipinski definition) is 3. The normalized spacial score (nSPS) is 34.7. The second kappa shape index (κ2) is 5.00. The van der Waals surface area contributed by atoms with E-state index in [0.29, 0.717) is 0 Å². The molecule has 2 amide bonds. The second-order valence-electron chi connectivity index (χ2n) is 6.04. The molecule has 2 saturated heterocycles. The van der Waals surface area contributed by atoms with Gasteiger partial charge in [-0.25, -0.2) is 0 Å². The van der Waals surface area contributed by atoms with E-state index in [9.17, 15) is 9.59 Å². The van der Waals surface area contributed by atoms with Gasteiger partial charge in [-0.2, -0.15) is 11.8 Å². The van der Waals surface area contributed by atoms with Crippen LogP contribution in [0.5, 0.6) is 0 Å². The van der Waals surface area contributed by atoms with Gasteiger partial charge in [0.25, 0.3) is 0 Å². The van der Waals surface area contributed by atoms with E-state index in [-0.39, 0.29) is 23.9 Å². The molecule has 0 aromatic carbocycles. The lowest BCUT2D eigenvalue weighted by Gasteiger charge is -2.47. The standard InChI is InChI=1S/C14H22N2O2S/c1-10-12(17)15-14(6-2-3-7-14)13(18)16(10)11-5-4-8-19-9-11/h10-11H,2-9H2,1H3,(H,15,17). The molecule has 3 rings (SSSR count). The second-order valence-corrected chi connectivity index (χ2v) is 7.19. The molecule has 3 fully saturated rings. The molecule has 1 spiro atoms. The van der Waals surface area contributed by atoms with Crippen LogP contribution in [0.4, 0.5) is 0 Å². The molecule has 2 aliphatic heterocycles. The summed E-state index contributed by atoms with van der Waals surface area (Å²) >= 11 is 1.91. The van der Waals surface area contributed by atoms with Crippen molar-refractivity contribution in [3.05, 3.63) is 0 Å². The first kappa shape index (κ1) is 13.3. The highest BCUT2D eigenvalue weighted by molar-refractivity contribution is 7.99. The maximum atomic E-state index is 12.9. The Bertz CT molecular complexity index is 387. The van der Waals surface area contributed by atoms with Crippen molar-refractivity contribution in [3.63, 3.8) is 0 Å². The third-order valence-corrected chi connectivity index (χ3v) is 5.99. The molecule has 1 N–H and O–H groups in total. The summed E-state index contributed by atoms with van der Waals surface area (Å²) in [5.74, 6) is 2.39. The largest absolute Gasteiger partial charge is 0.340 e. The van der Waals surface area contributed by atoms with Gasteiger partial charge in [0.1, 0.15) is 11.6 Å². The number of carbonyl (C=O) groups is 2. The molecule has 1 saturated carbocycles. The van der Waals surface area contributed by atoms with Gasteiger partial charge in [0.05, 0.1) is 0 Å². The Kier molecular flexibility index (Phi) is 3.50. The van der Waals surface area contributed by atoms with Crippen molar-refractivity contribution < 1.29 is 9.59 Å². The number of piperazine rings is 1. The molecular formula is C14H22N2O2S. The number of hydrogen-bond donors (Lipinski definition) is 1. The van der Waals surface area contributed by atoms with Gasteiger partial charge >= 0.3 is 0 Å². The van der Waals surface area contributed by atoms with Crippen LogP contribution >= 0.6 is 11.8 Å². The first-order chi connectivity index (χ1) is 9.14. The Morgan fingerprint density at radius 1 is 1.26 bits per heavy atom. The lowest BCUT2D eigenvalue weighted by Crippen LogP contribution is -2.71. The smallest absolute Gasteiger partial charge is 0.249 e. The molecule has 2 atom stereocenters. The molecule has 2 unspecified atom stereocenters. The molecule has 5 heteroatoms. The minimum absolute atomic E-state index is 0.0390. The summed E-state index contributed by atoms with van der Waals surface area (Å²) in [6.07, 6.45) is 5.94. The van der Waals surface area contributed by atoms with E-state index in [1.54, 1.807) is 0 Å². The van der Waals surface area contributed by atoms with Gasteiger partial charge in [-0.05, 0) is 38.4 Å². The third kappa shape index (κ3) is 2.16. The van der Waals surface area contributed by atoms with Gasteiger partial charge < -0.3 is 10.2 Å². The maximum absolute atomic E-state index is 12.9. The van der Waals surface area contributed by atoms with Gasteiger partial charge in [-0.1, -0.05) is 12.8 Å². The van der Waals surface area contributed by atoms with Crippen LogP contribution in [0.1, 0.15) is 45.4 Å². The van der Waals surface area contributed by atoms with E-state index in [0.717, 1.165) is 44.3 Å². The number of amides is 2. The molecule has 0 aromatic rings. The summed E-state index contributed by atoms with van der Waals surface area (Å²) in [4.78, 5) is 27.1. The predicted octanol–water partition coefficient (Wildman–Crippen LogP) is 1.54. The Labute approximate surface area is 118 Å². The van der Waals surface area contributed by atoms with Crippen LogP contribution in [0.25, 0.3) is 0 Å². The first-order valence-corrected chi connectivity index (χ1v) is 8.52. The lowest BCUT2D eigenvalue weighted by molar-refractivity contribution is -0.156. The number of nitrogens with zero attached hydrogens (tertiary/aromatic N) is 1. The Morgan fingerprint density at radius 3 is 2.63 bits per heavy atom. The summed E-state index contributed by atoms with van der Waals surface area (Å²) in [5, 5.41) is 3.02. The monoisotopic (exact) mass is 282 g/mol. The van der Waals surface area contributed by atoms with Crippen LogP contribution in [0.2, 0.25) is 0 Å². The molecule has 106 valence electrons. The fourth-order valence-electron chi connectivity index (χ4n) is 3.69. The molecule has 2 heterocycles. The van der Waals surface area contributed by atoms with Crippen LogP contribution in [0.15, 0.2) is 0 Å². The fraction of sp³-hybridized carbons (Fsp3) is 0.857. The van der Waals surface area contributed by atoms with Crippen molar-refractivity contribution in [1.29, 1.82) is 0 Å². The van der Waals surface area contributed by atoms with Crippen LogP contribution < -0.4 is 5.32 Å². The molecule has 0 aromatic heterocycles. The van der Waals surface area contributed by atoms with Crippen molar-refractivity contribution in [2.24, 2.45) is 0 Å². The minimum atomic E-state index is -0.564. The Morgan fingerprint density at radius 2 is 2.00 bits per heavy atom. The Hall–Kier alpha value is -0.710. The zero-order chi connectivity index (χ0) is 13.5. The van der Waals surface area contributed by atoms with E-state index in [4.69, 9.17) is 0 Å². The third-order valence-electron chi connectivity index (χ3n) is 4.79. The summed E-state index contributed by atoms with van der Waals surface area (Å²) in [7, 11) is 0. The van der Waals surface area contributed by atoms with Gasteiger partial charge in [0.2, 0.25) is 11.8 Å². The SMILES string of the molecule is CC1C(=O)NC2(CCCC2)C(=O)N1C1CCCSC1. The highest BCUT2D eigenvalue weighted by atomic mass is 32.2. The van der Waals surface area contributed by atoms with Crippen LogP contribution in [-0.2, 0) is 9.59 Å². The van der Waals surface area contributed by atoms with E-state index in [1.165, 1.54) is 5.75 Å². The minimum Gasteiger partial charge on any atom is -0.340 e. The van der Waals surface area contributed by atoms with E-state index in [1.807, 2.05) is 23.6 Å². The van der Waals surface area contributed by atoms with E-state index < -0.39 is 5.54 Å². The molecule has 3 aliphatic rings. The topological polar surface area (TPSA) is 49.4 Å². The lowest BCUT2D eigenvalue weighted by atomic mass is 9.89. The van der Waals surface area contributed by atoms with Crippen LogP contribution in [0, 0.1) is 0 Å². The summed E-state index contributed by atoms with van der Waals surface area (Å²) in [6.45, 7) is 1.87. The van der Waals surface area contributed by atoms with Gasteiger partial charge in [0.15, 0.2) is 0 Å². The summed E-state index contributed by atoms with van der Waals surface area (Å²) in [5.41, 5.74) is -0.564. The molecule has 19 heavy (non-hydrogen) atoms. The summed E-state index contributed by atoms with van der Waals surface area (Å²) in [6, 6.07) is -0.0489. The summed E-state index contributed by atoms with van der Waals surface area (Å²) < 4.78 is 0. The van der Waals surface area contributed by atoms with Crippen molar-refractivity contribution in [2.45, 2.75) is 63.1 Å². The Balaban J connectivity index is 1.87. The van der Waals surface area contributed by atoms with E-state index >= 15 is 0 Å². The molecular weight excluding hydrogens is 260 g/mol. The average Bonchev–Trinajstić information content (AvgIpc) is 2.88. The van der Waals surface area contributed by atoms with Gasteiger partial charge in [0, 0.05) is 11.8 Å². The number of rotatable bonds is 1. The van der Waals surface area contributed by atoms with Crippen molar-refractivity contribution in [3.8, 4) is 0 Å². The quantitative estimate of drug-likeness (QED) is 0.794. The number of nitrogens with one attached hydrogen (secondary N) is 1. The van der Waals surface area contributed by atoms with E-state index in [2.05, 4.69) is 5.32 Å². The maximum Gasteiger partial charge on any atom is 0.249 e. The van der Waals surface area contributed by atoms with Gasteiger partial charge in [-0.15, -0.1) is 0 Å². The zero-order valence-electron chi connectivity index (χ0n) is 11.5. The van der Waals surface area contributed by atoms with Crippen molar-refractivity contribution in [2.75, 3.05) is 11.5 Å². The van der Waals surface area contributed by atoms with Crippen LogP contribution in [0.3, 0.4) is 0 Å². The van der Waals surface area contributed by atoms with Crippen LogP contribution in [-0.4, -0.2) is 45.8 Å². The molecule has 1 aliphatic carbocycles. The highest BCUT2D eigenvalue weighted by Crippen LogP contribution is 2.36. The first-order valence-electron chi connectivity index (χ1n) is 7.37. The number of thioether (sulfide) groups is 1. The zero-order valence-corrected chi connectivity index (χ0v) is 12.3. The highest BCUT2D eigenvalue weighted by Gasteiger charge is 2.52. The molecule has 4 nitrogen and oxygen atoms in total. The molecule has 0 radical (unpaired) electrons. The number of carbonyl (C=O) groups excluding carboxylic acids is 2. The fourth-order valence-corrected chi connectivity index (χ4v) is 4.82. The van der Waals surface area contributed by atoms with Crippen molar-refractivity contribution in [1.82, 2.24) is 10.2 Å². The predicted molar refractivity (Wildman–Crippen MR) is 76.0 cm³/mol. The van der Waals surface area contributed by atoms with Gasteiger partial charge in [-0.3, -0.25) is 9.59 Å².